The van der Waals surface area contributed by atoms with Crippen molar-refractivity contribution in [3.05, 3.63) is 89.7 Å². The van der Waals surface area contributed by atoms with Crippen LogP contribution in [0.25, 0.3) is 0 Å². The average Bonchev–Trinajstić information content (AvgIpc) is 2.57. The summed E-state index contributed by atoms with van der Waals surface area (Å²) in [5.74, 6) is 0. The lowest BCUT2D eigenvalue weighted by Crippen LogP contribution is -2.33. The van der Waals surface area contributed by atoms with Crippen LogP contribution < -0.4 is 4.57 Å². The van der Waals surface area contributed by atoms with Crippen LogP contribution in [0, 0.1) is 13.8 Å². The van der Waals surface area contributed by atoms with Crippen molar-refractivity contribution in [2.45, 2.75) is 30.2 Å². The highest BCUT2D eigenvalue weighted by Gasteiger charge is 2.12. The van der Waals surface area contributed by atoms with Crippen molar-refractivity contribution in [2.24, 2.45) is 0 Å². The fraction of sp³-hybridized carbons (Fsp3) is 0.150. The second-order valence-electron chi connectivity index (χ2n) is 5.78. The number of hydrogen-bond acceptors (Lipinski definition) is 1. The van der Waals surface area contributed by atoms with E-state index in [0.717, 1.165) is 16.3 Å². The Balaban J connectivity index is 1.83. The van der Waals surface area contributed by atoms with Crippen molar-refractivity contribution in [2.75, 3.05) is 0 Å². The van der Waals surface area contributed by atoms with Crippen molar-refractivity contribution in [3.8, 4) is 0 Å². The molecule has 3 aromatic rings. The maximum atomic E-state index is 12.7. The lowest BCUT2D eigenvalue weighted by Gasteiger charge is -2.03. The molecule has 1 aromatic heterocycles. The van der Waals surface area contributed by atoms with Crippen LogP contribution in [0.15, 0.2) is 82.8 Å². The number of pyridine rings is 1. The third-order valence-corrected chi connectivity index (χ3v) is 5.14. The topological polar surface area (TPSA) is 20.9 Å². The molecule has 0 fully saturated rings. The van der Waals surface area contributed by atoms with E-state index in [4.69, 9.17) is 0 Å². The third kappa shape index (κ3) is 3.93. The molecule has 0 aliphatic rings. The molecule has 3 heteroatoms. The molecule has 2 nitrogen and oxygen atoms in total. The van der Waals surface area contributed by atoms with E-state index in [1.807, 2.05) is 55.7 Å². The fourth-order valence-corrected chi connectivity index (χ4v) is 3.50. The summed E-state index contributed by atoms with van der Waals surface area (Å²) in [6, 6.07) is 20.2. The first kappa shape index (κ1) is 15.6. The van der Waals surface area contributed by atoms with E-state index in [2.05, 4.69) is 35.8 Å². The molecule has 0 aliphatic heterocycles. The molecule has 0 spiro atoms. The standard InChI is InChI=1S/C20H20NOS/c1-16-5-9-18(10-6-16)14-21-13-3-4-20(15-21)23(22)19-11-7-17(2)8-12-19/h3-13,15H,14H2,1-2H3/q+1. The van der Waals surface area contributed by atoms with Gasteiger partial charge in [0.1, 0.15) is 4.90 Å². The number of benzene rings is 2. The second-order valence-corrected chi connectivity index (χ2v) is 7.26. The number of nitrogens with zero attached hydrogens (tertiary/aromatic N) is 1. The Morgan fingerprint density at radius 2 is 1.43 bits per heavy atom. The van der Waals surface area contributed by atoms with Gasteiger partial charge in [0, 0.05) is 16.5 Å². The summed E-state index contributed by atoms with van der Waals surface area (Å²) in [6.07, 6.45) is 3.98. The van der Waals surface area contributed by atoms with E-state index in [1.165, 1.54) is 16.7 Å². The summed E-state index contributed by atoms with van der Waals surface area (Å²) in [4.78, 5) is 1.66. The molecule has 1 atom stereocenters. The number of aromatic nitrogens is 1. The van der Waals surface area contributed by atoms with Gasteiger partial charge >= 0.3 is 0 Å². The zero-order valence-electron chi connectivity index (χ0n) is 13.4. The Bertz CT molecular complexity index is 823. The number of hydrogen-bond donors (Lipinski definition) is 0. The van der Waals surface area contributed by atoms with Crippen molar-refractivity contribution in [1.82, 2.24) is 0 Å². The predicted molar refractivity (Wildman–Crippen MR) is 92.8 cm³/mol. The molecule has 0 aliphatic carbocycles. The van der Waals surface area contributed by atoms with E-state index >= 15 is 0 Å². The SMILES string of the molecule is Cc1ccc(C[n+]2cccc(S(=O)c3ccc(C)cc3)c2)cc1. The van der Waals surface area contributed by atoms with Gasteiger partial charge in [-0.3, -0.25) is 0 Å². The van der Waals surface area contributed by atoms with Crippen LogP contribution in [0.3, 0.4) is 0 Å². The molecule has 116 valence electrons. The summed E-state index contributed by atoms with van der Waals surface area (Å²) in [6.45, 7) is 4.90. The van der Waals surface area contributed by atoms with Crippen LogP contribution in [0.4, 0.5) is 0 Å². The van der Waals surface area contributed by atoms with Crippen LogP contribution in [-0.2, 0) is 17.3 Å². The summed E-state index contributed by atoms with van der Waals surface area (Å²) in [5.41, 5.74) is 3.67. The highest BCUT2D eigenvalue weighted by atomic mass is 32.2. The van der Waals surface area contributed by atoms with Gasteiger partial charge in [-0.1, -0.05) is 47.5 Å². The quantitative estimate of drug-likeness (QED) is 0.669. The predicted octanol–water partition coefficient (Wildman–Crippen LogP) is 3.81. The van der Waals surface area contributed by atoms with Crippen LogP contribution >= 0.6 is 0 Å². The Morgan fingerprint density at radius 3 is 2.09 bits per heavy atom. The Labute approximate surface area is 139 Å². The van der Waals surface area contributed by atoms with Crippen LogP contribution in [0.5, 0.6) is 0 Å². The lowest BCUT2D eigenvalue weighted by molar-refractivity contribution is -0.690. The molecule has 0 saturated carbocycles. The molecule has 0 radical (unpaired) electrons. The lowest BCUT2D eigenvalue weighted by atomic mass is 10.1. The third-order valence-electron chi connectivity index (χ3n) is 3.77. The molecular formula is C20H20NOS+. The Hall–Kier alpha value is -2.26. The molecule has 1 unspecified atom stereocenters. The minimum Gasteiger partial charge on any atom is -0.249 e. The molecule has 0 saturated heterocycles. The molecule has 23 heavy (non-hydrogen) atoms. The van der Waals surface area contributed by atoms with E-state index < -0.39 is 10.8 Å². The number of rotatable bonds is 4. The molecule has 0 bridgehead atoms. The average molecular weight is 322 g/mol. The van der Waals surface area contributed by atoms with Crippen LogP contribution in [0.2, 0.25) is 0 Å². The molecule has 0 N–H and O–H groups in total. The van der Waals surface area contributed by atoms with Crippen molar-refractivity contribution < 1.29 is 8.78 Å². The largest absolute Gasteiger partial charge is 0.249 e. The van der Waals surface area contributed by atoms with Crippen molar-refractivity contribution in [3.63, 3.8) is 0 Å². The van der Waals surface area contributed by atoms with Gasteiger partial charge < -0.3 is 0 Å². The fourth-order valence-electron chi connectivity index (χ4n) is 2.41. The van der Waals surface area contributed by atoms with Crippen LogP contribution in [-0.4, -0.2) is 4.21 Å². The smallest absolute Gasteiger partial charge is 0.185 e. The van der Waals surface area contributed by atoms with Gasteiger partial charge in [0.15, 0.2) is 18.9 Å². The normalized spacial score (nSPS) is 12.1. The summed E-state index contributed by atoms with van der Waals surface area (Å²) in [5, 5.41) is 0. The molecular weight excluding hydrogens is 302 g/mol. The van der Waals surface area contributed by atoms with Gasteiger partial charge in [-0.05, 0) is 32.0 Å². The van der Waals surface area contributed by atoms with E-state index in [0.29, 0.717) is 0 Å². The minimum atomic E-state index is -1.15. The molecule has 2 aromatic carbocycles. The number of aryl methyl sites for hydroxylation is 2. The first-order valence-corrected chi connectivity index (χ1v) is 8.80. The van der Waals surface area contributed by atoms with Gasteiger partial charge in [-0.15, -0.1) is 0 Å². The van der Waals surface area contributed by atoms with E-state index in [9.17, 15) is 4.21 Å². The summed E-state index contributed by atoms with van der Waals surface area (Å²) in [7, 11) is -1.15. The van der Waals surface area contributed by atoms with E-state index in [1.54, 1.807) is 0 Å². The van der Waals surface area contributed by atoms with Gasteiger partial charge in [-0.25, -0.2) is 4.21 Å². The molecule has 3 rings (SSSR count). The molecule has 1 heterocycles. The van der Waals surface area contributed by atoms with Gasteiger partial charge in [0.2, 0.25) is 0 Å². The first-order valence-electron chi connectivity index (χ1n) is 7.65. The summed E-state index contributed by atoms with van der Waals surface area (Å²) >= 11 is 0. The highest BCUT2D eigenvalue weighted by Crippen LogP contribution is 2.15. The maximum absolute atomic E-state index is 12.7. The highest BCUT2D eigenvalue weighted by molar-refractivity contribution is 7.85. The van der Waals surface area contributed by atoms with Crippen molar-refractivity contribution in [1.29, 1.82) is 0 Å². The Morgan fingerprint density at radius 1 is 0.826 bits per heavy atom. The second kappa shape index (κ2) is 6.88. The maximum Gasteiger partial charge on any atom is 0.185 e. The van der Waals surface area contributed by atoms with Crippen molar-refractivity contribution >= 4 is 10.8 Å². The zero-order chi connectivity index (χ0) is 16.2. The summed E-state index contributed by atoms with van der Waals surface area (Å²) < 4.78 is 14.8. The Kier molecular flexibility index (Phi) is 4.68. The van der Waals surface area contributed by atoms with Crippen LogP contribution in [0.1, 0.15) is 16.7 Å². The monoisotopic (exact) mass is 322 g/mol. The first-order chi connectivity index (χ1) is 11.1. The van der Waals surface area contributed by atoms with E-state index in [-0.39, 0.29) is 0 Å². The van der Waals surface area contributed by atoms with Gasteiger partial charge in [-0.2, -0.15) is 4.57 Å². The molecule has 0 amide bonds. The van der Waals surface area contributed by atoms with Gasteiger partial charge in [0.05, 0.1) is 10.8 Å². The zero-order valence-corrected chi connectivity index (χ0v) is 14.2. The minimum absolute atomic E-state index is 0.777. The van der Waals surface area contributed by atoms with Gasteiger partial charge in [0.25, 0.3) is 0 Å².